The summed E-state index contributed by atoms with van der Waals surface area (Å²) in [5.74, 6) is 0.544. The van der Waals surface area contributed by atoms with Crippen LogP contribution in [0.15, 0.2) is 57.9 Å². The molecule has 0 radical (unpaired) electrons. The number of aryl methyl sites for hydroxylation is 3. The fraction of sp³-hybridized carbons (Fsp3) is 0.211. The number of para-hydroxylation sites is 1. The fourth-order valence-corrected chi connectivity index (χ4v) is 4.04. The van der Waals surface area contributed by atoms with Crippen LogP contribution in [0.25, 0.3) is 11.3 Å². The molecule has 25 heavy (non-hydrogen) atoms. The Balaban J connectivity index is 2.02. The first-order valence-electron chi connectivity index (χ1n) is 8.06. The Kier molecular flexibility index (Phi) is 4.63. The molecule has 0 aliphatic rings. The second kappa shape index (κ2) is 6.72. The molecule has 6 heteroatoms. The predicted molar refractivity (Wildman–Crippen MR) is 98.0 cm³/mol. The van der Waals surface area contributed by atoms with Gasteiger partial charge in [-0.15, -0.1) is 0 Å². The van der Waals surface area contributed by atoms with Crippen LogP contribution in [0.2, 0.25) is 0 Å². The summed E-state index contributed by atoms with van der Waals surface area (Å²) < 4.78 is 33.8. The minimum atomic E-state index is -3.71. The Morgan fingerprint density at radius 3 is 2.52 bits per heavy atom. The summed E-state index contributed by atoms with van der Waals surface area (Å²) in [6.45, 7) is 5.59. The molecule has 3 aromatic rings. The molecule has 130 valence electrons. The van der Waals surface area contributed by atoms with Gasteiger partial charge in [0.25, 0.3) is 10.0 Å². The van der Waals surface area contributed by atoms with Crippen LogP contribution >= 0.6 is 0 Å². The zero-order valence-corrected chi connectivity index (χ0v) is 15.2. The number of hydrogen-bond acceptors (Lipinski definition) is 4. The van der Waals surface area contributed by atoms with Crippen LogP contribution in [-0.2, 0) is 16.4 Å². The molecule has 0 aliphatic heterocycles. The fourth-order valence-electron chi connectivity index (χ4n) is 2.67. The van der Waals surface area contributed by atoms with E-state index in [1.165, 1.54) is 0 Å². The lowest BCUT2D eigenvalue weighted by atomic mass is 10.1. The predicted octanol–water partition coefficient (Wildman–Crippen LogP) is 4.32. The maximum atomic E-state index is 12.9. The minimum absolute atomic E-state index is 0.227. The third kappa shape index (κ3) is 3.58. The van der Waals surface area contributed by atoms with Gasteiger partial charge in [0.15, 0.2) is 5.76 Å². The van der Waals surface area contributed by atoms with E-state index in [2.05, 4.69) is 9.88 Å². The number of nitrogens with one attached hydrogen (secondary N) is 1. The molecule has 3 rings (SSSR count). The maximum Gasteiger partial charge on any atom is 0.262 e. The van der Waals surface area contributed by atoms with Crippen LogP contribution in [0.4, 0.5) is 5.69 Å². The summed E-state index contributed by atoms with van der Waals surface area (Å²) in [6, 6.07) is 14.4. The van der Waals surface area contributed by atoms with Crippen molar-refractivity contribution < 1.29 is 12.9 Å². The van der Waals surface area contributed by atoms with Gasteiger partial charge in [-0.2, -0.15) is 0 Å². The summed E-state index contributed by atoms with van der Waals surface area (Å²) in [5, 5.41) is 3.86. The highest BCUT2D eigenvalue weighted by atomic mass is 32.2. The van der Waals surface area contributed by atoms with E-state index >= 15 is 0 Å². The van der Waals surface area contributed by atoms with Gasteiger partial charge in [0.1, 0.15) is 0 Å². The molecule has 0 unspecified atom stereocenters. The van der Waals surface area contributed by atoms with E-state index in [4.69, 9.17) is 4.52 Å². The Labute approximate surface area is 147 Å². The molecule has 0 saturated heterocycles. The number of aromatic nitrogens is 1. The van der Waals surface area contributed by atoms with E-state index < -0.39 is 10.0 Å². The smallest absolute Gasteiger partial charge is 0.262 e. The third-order valence-electron chi connectivity index (χ3n) is 4.03. The first-order valence-corrected chi connectivity index (χ1v) is 9.54. The first-order chi connectivity index (χ1) is 11.9. The molecule has 0 amide bonds. The molecule has 0 saturated carbocycles. The number of nitrogens with zero attached hydrogens (tertiary/aromatic N) is 1. The van der Waals surface area contributed by atoms with Crippen LogP contribution in [0.3, 0.4) is 0 Å². The molecule has 1 aromatic heterocycles. The number of hydrogen-bond donors (Lipinski definition) is 1. The van der Waals surface area contributed by atoms with Crippen molar-refractivity contribution in [2.24, 2.45) is 0 Å². The first kappa shape index (κ1) is 17.2. The second-order valence-corrected chi connectivity index (χ2v) is 7.58. The average Bonchev–Trinajstić information content (AvgIpc) is 3.01. The van der Waals surface area contributed by atoms with Crippen molar-refractivity contribution in [3.05, 3.63) is 65.4 Å². The molecule has 1 heterocycles. The minimum Gasteiger partial charge on any atom is -0.356 e. The van der Waals surface area contributed by atoms with Crippen LogP contribution in [0.5, 0.6) is 0 Å². The zero-order chi connectivity index (χ0) is 18.0. The Morgan fingerprint density at radius 2 is 1.84 bits per heavy atom. The Morgan fingerprint density at radius 1 is 1.08 bits per heavy atom. The summed E-state index contributed by atoms with van der Waals surface area (Å²) in [5.41, 5.74) is 3.64. The molecule has 0 spiro atoms. The van der Waals surface area contributed by atoms with Gasteiger partial charge in [-0.1, -0.05) is 42.4 Å². The monoisotopic (exact) mass is 356 g/mol. The third-order valence-corrected chi connectivity index (χ3v) is 5.54. The van der Waals surface area contributed by atoms with Crippen molar-refractivity contribution in [2.45, 2.75) is 32.1 Å². The van der Waals surface area contributed by atoms with Gasteiger partial charge < -0.3 is 4.52 Å². The highest BCUT2D eigenvalue weighted by Gasteiger charge is 2.20. The molecule has 5 nitrogen and oxygen atoms in total. The Bertz CT molecular complexity index is 1010. The van der Waals surface area contributed by atoms with Crippen molar-refractivity contribution in [1.82, 2.24) is 5.16 Å². The van der Waals surface area contributed by atoms with Crippen LogP contribution in [0, 0.1) is 13.8 Å². The van der Waals surface area contributed by atoms with Gasteiger partial charge in [-0.05, 0) is 43.5 Å². The molecule has 0 atom stereocenters. The standard InChI is InChI=1S/C19H20N2O3S/c1-4-15-7-5-6-8-17(15)21-25(22,23)19-12-16(10-9-13(19)2)18-11-14(3)20-24-18/h5-12,21H,4H2,1-3H3. The molecule has 2 aromatic carbocycles. The number of sulfonamides is 1. The highest BCUT2D eigenvalue weighted by Crippen LogP contribution is 2.28. The SMILES string of the molecule is CCc1ccccc1NS(=O)(=O)c1cc(-c2cc(C)no2)ccc1C. The van der Waals surface area contributed by atoms with Crippen molar-refractivity contribution in [1.29, 1.82) is 0 Å². The van der Waals surface area contributed by atoms with Crippen molar-refractivity contribution in [3.8, 4) is 11.3 Å². The number of anilines is 1. The van der Waals surface area contributed by atoms with Gasteiger partial charge >= 0.3 is 0 Å². The molecule has 1 N–H and O–H groups in total. The van der Waals surface area contributed by atoms with E-state index in [9.17, 15) is 8.42 Å². The number of rotatable bonds is 5. The van der Waals surface area contributed by atoms with Gasteiger partial charge in [0.2, 0.25) is 0 Å². The largest absolute Gasteiger partial charge is 0.356 e. The van der Waals surface area contributed by atoms with E-state index in [0.29, 0.717) is 22.6 Å². The van der Waals surface area contributed by atoms with E-state index in [1.807, 2.05) is 38.1 Å². The lowest BCUT2D eigenvalue weighted by molar-refractivity contribution is 0.427. The topological polar surface area (TPSA) is 72.2 Å². The van der Waals surface area contributed by atoms with Gasteiger partial charge in [0.05, 0.1) is 16.3 Å². The quantitative estimate of drug-likeness (QED) is 0.739. The lowest BCUT2D eigenvalue weighted by Gasteiger charge is -2.13. The van der Waals surface area contributed by atoms with Crippen molar-refractivity contribution in [3.63, 3.8) is 0 Å². The summed E-state index contributed by atoms with van der Waals surface area (Å²) in [4.78, 5) is 0.227. The summed E-state index contributed by atoms with van der Waals surface area (Å²) in [6.07, 6.45) is 0.745. The van der Waals surface area contributed by atoms with Crippen molar-refractivity contribution in [2.75, 3.05) is 4.72 Å². The van der Waals surface area contributed by atoms with Gasteiger partial charge in [-0.25, -0.2) is 8.42 Å². The Hall–Kier alpha value is -2.60. The molecule has 0 aliphatic carbocycles. The van der Waals surface area contributed by atoms with E-state index in [1.54, 1.807) is 31.2 Å². The van der Waals surface area contributed by atoms with Gasteiger partial charge in [-0.3, -0.25) is 4.72 Å². The van der Waals surface area contributed by atoms with E-state index in [-0.39, 0.29) is 4.90 Å². The van der Waals surface area contributed by atoms with E-state index in [0.717, 1.165) is 17.7 Å². The maximum absolute atomic E-state index is 12.9. The summed E-state index contributed by atoms with van der Waals surface area (Å²) >= 11 is 0. The molecular formula is C19H20N2O3S. The summed E-state index contributed by atoms with van der Waals surface area (Å²) in [7, 11) is -3.71. The second-order valence-electron chi connectivity index (χ2n) is 5.93. The zero-order valence-electron chi connectivity index (χ0n) is 14.4. The van der Waals surface area contributed by atoms with Crippen LogP contribution in [0.1, 0.15) is 23.7 Å². The van der Waals surface area contributed by atoms with Gasteiger partial charge in [0, 0.05) is 11.6 Å². The van der Waals surface area contributed by atoms with Crippen LogP contribution in [-0.4, -0.2) is 13.6 Å². The highest BCUT2D eigenvalue weighted by molar-refractivity contribution is 7.92. The lowest BCUT2D eigenvalue weighted by Crippen LogP contribution is -2.15. The van der Waals surface area contributed by atoms with Crippen molar-refractivity contribution >= 4 is 15.7 Å². The molecule has 0 bridgehead atoms. The normalized spacial score (nSPS) is 11.5. The average molecular weight is 356 g/mol. The molecule has 0 fully saturated rings. The van der Waals surface area contributed by atoms with Crippen LogP contribution < -0.4 is 4.72 Å². The number of benzene rings is 2. The molecular weight excluding hydrogens is 336 g/mol.